The number of carbonyl (C=O) groups is 2. The Morgan fingerprint density at radius 2 is 1.97 bits per heavy atom. The number of pyridine rings is 1. The highest BCUT2D eigenvalue weighted by atomic mass is 19.4. The molecule has 160 valence electrons. The fraction of sp³-hybridized carbons (Fsp3) is 0.450. The highest BCUT2D eigenvalue weighted by Crippen LogP contribution is 2.35. The number of benzene rings is 1. The van der Waals surface area contributed by atoms with Crippen LogP contribution in [-0.4, -0.2) is 65.7 Å². The van der Waals surface area contributed by atoms with Crippen molar-refractivity contribution in [1.29, 1.82) is 0 Å². The monoisotopic (exact) mass is 423 g/mol. The molecule has 2 aliphatic heterocycles. The van der Waals surface area contributed by atoms with Crippen molar-refractivity contribution in [2.75, 3.05) is 26.7 Å². The number of amides is 2. The molecule has 2 aliphatic rings. The smallest absolute Gasteiger partial charge is 0.471 e. The summed E-state index contributed by atoms with van der Waals surface area (Å²) in [5.74, 6) is -1.18. The number of hydrogen-bond donors (Lipinski definition) is 0. The first-order valence-corrected chi connectivity index (χ1v) is 9.54. The second-order valence-corrected chi connectivity index (χ2v) is 7.33. The number of piperidine rings is 1. The fourth-order valence-electron chi connectivity index (χ4n) is 4.05. The molecular weight excluding hydrogens is 403 g/mol. The molecule has 1 aromatic carbocycles. The number of carbonyl (C=O) groups excluding carboxylic acids is 2. The molecule has 0 spiro atoms. The van der Waals surface area contributed by atoms with Crippen molar-refractivity contribution in [3.63, 3.8) is 0 Å². The minimum absolute atomic E-state index is 0.0488. The van der Waals surface area contributed by atoms with E-state index in [1.165, 1.54) is 0 Å². The molecule has 0 N–H and O–H groups in total. The van der Waals surface area contributed by atoms with Crippen molar-refractivity contribution in [3.05, 3.63) is 36.0 Å². The number of rotatable bonds is 3. The van der Waals surface area contributed by atoms with Gasteiger partial charge >= 0.3 is 18.2 Å². The van der Waals surface area contributed by atoms with Crippen molar-refractivity contribution in [2.45, 2.75) is 31.2 Å². The number of ether oxygens (including phenoxy) is 2. The number of hydrogen-bond acceptors (Lipinski definition) is 5. The second kappa shape index (κ2) is 7.66. The largest absolute Gasteiger partial charge is 0.497 e. The third-order valence-electron chi connectivity index (χ3n) is 5.60. The zero-order valence-corrected chi connectivity index (χ0v) is 16.2. The number of fused-ring (bicyclic) bond motifs is 1. The minimum Gasteiger partial charge on any atom is -0.497 e. The van der Waals surface area contributed by atoms with Crippen LogP contribution in [0.3, 0.4) is 0 Å². The summed E-state index contributed by atoms with van der Waals surface area (Å²) in [5.41, 5.74) is 1.53. The zero-order valence-electron chi connectivity index (χ0n) is 16.2. The van der Waals surface area contributed by atoms with E-state index >= 15 is 0 Å². The average Bonchev–Trinajstić information content (AvgIpc) is 3.13. The first-order chi connectivity index (χ1) is 14.3. The van der Waals surface area contributed by atoms with E-state index in [4.69, 9.17) is 9.47 Å². The lowest BCUT2D eigenvalue weighted by molar-refractivity contribution is -0.186. The van der Waals surface area contributed by atoms with Gasteiger partial charge in [0.2, 0.25) is 0 Å². The fourth-order valence-corrected chi connectivity index (χ4v) is 4.05. The summed E-state index contributed by atoms with van der Waals surface area (Å²) in [4.78, 5) is 30.6. The van der Waals surface area contributed by atoms with E-state index in [1.807, 2.05) is 12.1 Å². The van der Waals surface area contributed by atoms with Gasteiger partial charge in [0, 0.05) is 36.3 Å². The third kappa shape index (κ3) is 3.73. The molecule has 1 aromatic heterocycles. The van der Waals surface area contributed by atoms with Gasteiger partial charge in [0.1, 0.15) is 11.9 Å². The molecule has 0 radical (unpaired) electrons. The van der Waals surface area contributed by atoms with E-state index in [0.29, 0.717) is 5.75 Å². The average molecular weight is 423 g/mol. The van der Waals surface area contributed by atoms with Crippen LogP contribution >= 0.6 is 0 Å². The Morgan fingerprint density at radius 1 is 1.23 bits per heavy atom. The number of halogens is 3. The quantitative estimate of drug-likeness (QED) is 0.758. The molecule has 0 saturated carbocycles. The molecule has 3 heterocycles. The molecule has 4 rings (SSSR count). The highest BCUT2D eigenvalue weighted by Gasteiger charge is 2.45. The molecule has 1 atom stereocenters. The summed E-state index contributed by atoms with van der Waals surface area (Å²) in [6.07, 6.45) is -3.72. The third-order valence-corrected chi connectivity index (χ3v) is 5.60. The molecule has 0 aliphatic carbocycles. The van der Waals surface area contributed by atoms with Crippen LogP contribution in [0.2, 0.25) is 0 Å². The number of aromatic nitrogens is 1. The van der Waals surface area contributed by atoms with Gasteiger partial charge in [-0.25, -0.2) is 4.79 Å². The van der Waals surface area contributed by atoms with Gasteiger partial charge in [-0.1, -0.05) is 0 Å². The predicted octanol–water partition coefficient (Wildman–Crippen LogP) is 3.29. The maximum atomic E-state index is 12.6. The van der Waals surface area contributed by atoms with Crippen molar-refractivity contribution in [1.82, 2.24) is 14.8 Å². The van der Waals surface area contributed by atoms with Crippen LogP contribution in [0.15, 0.2) is 30.5 Å². The SMILES string of the molecule is COc1ccc2nccc([C@H]3CN(C4CCN(C(=O)C(F)(F)F)CC4)C(=O)O3)c2c1. The number of likely N-dealkylation sites (tertiary alicyclic amines) is 1. The Bertz CT molecular complexity index is 973. The maximum absolute atomic E-state index is 12.6. The Labute approximate surface area is 170 Å². The summed E-state index contributed by atoms with van der Waals surface area (Å²) < 4.78 is 48.7. The molecule has 30 heavy (non-hydrogen) atoms. The van der Waals surface area contributed by atoms with Crippen LogP contribution in [0.4, 0.5) is 18.0 Å². The van der Waals surface area contributed by atoms with Crippen molar-refractivity contribution >= 4 is 22.9 Å². The van der Waals surface area contributed by atoms with Gasteiger partial charge in [-0.15, -0.1) is 0 Å². The van der Waals surface area contributed by atoms with Crippen LogP contribution < -0.4 is 4.74 Å². The lowest BCUT2D eigenvalue weighted by Gasteiger charge is -2.35. The Balaban J connectivity index is 1.48. The van der Waals surface area contributed by atoms with Crippen molar-refractivity contribution < 1.29 is 32.2 Å². The Hall–Kier alpha value is -3.04. The van der Waals surface area contributed by atoms with E-state index in [-0.39, 0.29) is 38.5 Å². The normalized spacial score (nSPS) is 20.5. The van der Waals surface area contributed by atoms with Gasteiger partial charge in [0.05, 0.1) is 19.2 Å². The number of methoxy groups -OCH3 is 1. The molecule has 2 fully saturated rings. The minimum atomic E-state index is -4.88. The molecule has 10 heteroatoms. The second-order valence-electron chi connectivity index (χ2n) is 7.33. The molecule has 2 aromatic rings. The van der Waals surface area contributed by atoms with Crippen molar-refractivity contribution in [3.8, 4) is 5.75 Å². The molecular formula is C20H20F3N3O4. The first-order valence-electron chi connectivity index (χ1n) is 9.54. The lowest BCUT2D eigenvalue weighted by Crippen LogP contribution is -2.50. The number of cyclic esters (lactones) is 1. The molecule has 0 bridgehead atoms. The van der Waals surface area contributed by atoms with Crippen LogP contribution in [-0.2, 0) is 9.53 Å². The van der Waals surface area contributed by atoms with E-state index < -0.39 is 24.3 Å². The Kier molecular flexibility index (Phi) is 5.17. The summed E-state index contributed by atoms with van der Waals surface area (Å²) in [5, 5.41) is 0.807. The van der Waals surface area contributed by atoms with Gasteiger partial charge < -0.3 is 19.3 Å². The maximum Gasteiger partial charge on any atom is 0.471 e. The van der Waals surface area contributed by atoms with Crippen LogP contribution in [0.25, 0.3) is 10.9 Å². The van der Waals surface area contributed by atoms with E-state index in [1.54, 1.807) is 30.3 Å². The van der Waals surface area contributed by atoms with Gasteiger partial charge in [-0.3, -0.25) is 9.78 Å². The van der Waals surface area contributed by atoms with Crippen LogP contribution in [0.5, 0.6) is 5.75 Å². The summed E-state index contributed by atoms with van der Waals surface area (Å²) in [6.45, 7) is 0.187. The highest BCUT2D eigenvalue weighted by molar-refractivity contribution is 5.85. The van der Waals surface area contributed by atoms with E-state index in [9.17, 15) is 22.8 Å². The standard InChI is InChI=1S/C20H20F3N3O4/c1-29-13-2-3-16-15(10-13)14(4-7-24-16)17-11-26(19(28)30-17)12-5-8-25(9-6-12)18(27)20(21,22)23/h2-4,7,10,12,17H,5-6,8-9,11H2,1H3/t17-/m1/s1. The first kappa shape index (κ1) is 20.2. The van der Waals surface area contributed by atoms with Gasteiger partial charge in [0.15, 0.2) is 0 Å². The van der Waals surface area contributed by atoms with Gasteiger partial charge in [-0.2, -0.15) is 13.2 Å². The molecule has 2 saturated heterocycles. The molecule has 2 amide bonds. The topological polar surface area (TPSA) is 72.0 Å². The Morgan fingerprint density at radius 3 is 2.63 bits per heavy atom. The summed E-state index contributed by atoms with van der Waals surface area (Å²) in [7, 11) is 1.56. The predicted molar refractivity (Wildman–Crippen MR) is 99.9 cm³/mol. The zero-order chi connectivity index (χ0) is 21.5. The summed E-state index contributed by atoms with van der Waals surface area (Å²) >= 11 is 0. The van der Waals surface area contributed by atoms with E-state index in [0.717, 1.165) is 21.4 Å². The lowest BCUT2D eigenvalue weighted by atomic mass is 10.0. The van der Waals surface area contributed by atoms with Gasteiger partial charge in [0.25, 0.3) is 0 Å². The van der Waals surface area contributed by atoms with Crippen LogP contribution in [0, 0.1) is 0 Å². The number of alkyl halides is 3. The molecule has 7 nitrogen and oxygen atoms in total. The molecule has 0 unspecified atom stereocenters. The van der Waals surface area contributed by atoms with Crippen LogP contribution in [0.1, 0.15) is 24.5 Å². The van der Waals surface area contributed by atoms with Gasteiger partial charge in [-0.05, 0) is 37.1 Å². The number of nitrogens with zero attached hydrogens (tertiary/aromatic N) is 3. The van der Waals surface area contributed by atoms with Crippen molar-refractivity contribution in [2.24, 2.45) is 0 Å². The summed E-state index contributed by atoms with van der Waals surface area (Å²) in [6, 6.07) is 6.95. The van der Waals surface area contributed by atoms with E-state index in [2.05, 4.69) is 4.98 Å².